The predicted octanol–water partition coefficient (Wildman–Crippen LogP) is 2.26. The number of aryl methyl sites for hydroxylation is 3. The van der Waals surface area contributed by atoms with E-state index >= 15 is 0 Å². The minimum atomic E-state index is -0.400. The fourth-order valence-electron chi connectivity index (χ4n) is 3.54. The van der Waals surface area contributed by atoms with Crippen LogP contribution in [0.2, 0.25) is 0 Å². The smallest absolute Gasteiger partial charge is 0.227 e. The van der Waals surface area contributed by atoms with Crippen molar-refractivity contribution in [2.45, 2.75) is 33.7 Å². The van der Waals surface area contributed by atoms with Crippen molar-refractivity contribution in [2.24, 2.45) is 5.92 Å². The number of amides is 2. The van der Waals surface area contributed by atoms with E-state index in [0.29, 0.717) is 12.4 Å². The molecule has 154 valence electrons. The third-order valence-electron chi connectivity index (χ3n) is 5.53. The molecule has 0 radical (unpaired) electrons. The van der Waals surface area contributed by atoms with Gasteiger partial charge in [0.1, 0.15) is 0 Å². The number of rotatable bonds is 5. The molecule has 1 saturated heterocycles. The molecule has 1 aliphatic heterocycles. The summed E-state index contributed by atoms with van der Waals surface area (Å²) in [6.07, 6.45) is 0.196. The number of carbonyl (C=O) groups is 2. The zero-order chi connectivity index (χ0) is 21.3. The maximum absolute atomic E-state index is 12.7. The number of nitrogens with zero attached hydrogens (tertiary/aromatic N) is 5. The first-order valence-electron chi connectivity index (χ1n) is 9.92. The summed E-state index contributed by atoms with van der Waals surface area (Å²) in [5.41, 5.74) is 5.09. The second-order valence-corrected chi connectivity index (χ2v) is 7.73. The van der Waals surface area contributed by atoms with E-state index in [9.17, 15) is 9.59 Å². The van der Waals surface area contributed by atoms with Crippen molar-refractivity contribution in [2.75, 3.05) is 11.4 Å². The first-order valence-corrected chi connectivity index (χ1v) is 9.92. The fourth-order valence-corrected chi connectivity index (χ4v) is 3.54. The fraction of sp³-hybridized carbons (Fsp3) is 0.318. The van der Waals surface area contributed by atoms with Crippen molar-refractivity contribution in [1.82, 2.24) is 25.5 Å². The Bertz CT molecular complexity index is 1090. The molecule has 0 bridgehead atoms. The number of hydrogen-bond acceptors (Lipinski definition) is 5. The lowest BCUT2D eigenvalue weighted by atomic mass is 10.1. The minimum absolute atomic E-state index is 0.0390. The van der Waals surface area contributed by atoms with Gasteiger partial charge in [0.25, 0.3) is 0 Å². The van der Waals surface area contributed by atoms with Gasteiger partial charge in [-0.3, -0.25) is 9.59 Å². The maximum Gasteiger partial charge on any atom is 0.227 e. The zero-order valence-electron chi connectivity index (χ0n) is 17.3. The third-order valence-corrected chi connectivity index (χ3v) is 5.53. The van der Waals surface area contributed by atoms with Gasteiger partial charge in [-0.1, -0.05) is 23.8 Å². The van der Waals surface area contributed by atoms with Crippen molar-refractivity contribution in [1.29, 1.82) is 0 Å². The molecule has 1 N–H and O–H groups in total. The number of aromatic nitrogens is 4. The number of tetrazole rings is 1. The monoisotopic (exact) mass is 404 g/mol. The summed E-state index contributed by atoms with van der Waals surface area (Å²) in [4.78, 5) is 26.9. The molecule has 3 aromatic rings. The summed E-state index contributed by atoms with van der Waals surface area (Å²) in [6, 6.07) is 13.7. The summed E-state index contributed by atoms with van der Waals surface area (Å²) in [6.45, 7) is 6.62. The van der Waals surface area contributed by atoms with Crippen LogP contribution >= 0.6 is 0 Å². The van der Waals surface area contributed by atoms with Gasteiger partial charge in [0.2, 0.25) is 11.8 Å². The van der Waals surface area contributed by atoms with Crippen LogP contribution in [0.25, 0.3) is 5.69 Å². The van der Waals surface area contributed by atoms with Crippen molar-refractivity contribution in [3.8, 4) is 5.69 Å². The topological polar surface area (TPSA) is 93.0 Å². The molecule has 1 atom stereocenters. The van der Waals surface area contributed by atoms with Gasteiger partial charge < -0.3 is 10.2 Å². The second-order valence-electron chi connectivity index (χ2n) is 7.73. The van der Waals surface area contributed by atoms with E-state index in [1.165, 1.54) is 5.56 Å². The molecule has 0 spiro atoms. The van der Waals surface area contributed by atoms with Gasteiger partial charge in [0, 0.05) is 18.7 Å². The van der Waals surface area contributed by atoms with E-state index in [1.807, 2.05) is 63.2 Å². The molecule has 4 rings (SSSR count). The summed E-state index contributed by atoms with van der Waals surface area (Å²) < 4.78 is 1.60. The van der Waals surface area contributed by atoms with Crippen molar-refractivity contribution < 1.29 is 9.59 Å². The molecule has 8 nitrogen and oxygen atoms in total. The third kappa shape index (κ3) is 3.94. The highest BCUT2D eigenvalue weighted by atomic mass is 16.2. The van der Waals surface area contributed by atoms with Gasteiger partial charge in [-0.05, 0) is 66.6 Å². The Labute approximate surface area is 174 Å². The lowest BCUT2D eigenvalue weighted by molar-refractivity contribution is -0.126. The van der Waals surface area contributed by atoms with Crippen molar-refractivity contribution >= 4 is 17.5 Å². The van der Waals surface area contributed by atoms with Crippen LogP contribution in [-0.2, 0) is 16.1 Å². The van der Waals surface area contributed by atoms with E-state index in [2.05, 4.69) is 20.8 Å². The zero-order valence-corrected chi connectivity index (χ0v) is 17.3. The summed E-state index contributed by atoms with van der Waals surface area (Å²) in [7, 11) is 0. The number of anilines is 1. The number of carbonyl (C=O) groups excluding carboxylic acids is 2. The molecule has 0 saturated carbocycles. The van der Waals surface area contributed by atoms with Crippen molar-refractivity contribution in [3.63, 3.8) is 0 Å². The van der Waals surface area contributed by atoms with E-state index in [0.717, 1.165) is 22.5 Å². The van der Waals surface area contributed by atoms with Crippen LogP contribution in [0.5, 0.6) is 0 Å². The van der Waals surface area contributed by atoms with Gasteiger partial charge in [-0.25, -0.2) is 0 Å². The van der Waals surface area contributed by atoms with E-state index in [4.69, 9.17) is 0 Å². The van der Waals surface area contributed by atoms with Crippen LogP contribution < -0.4 is 10.2 Å². The van der Waals surface area contributed by atoms with Crippen LogP contribution in [0.15, 0.2) is 42.5 Å². The van der Waals surface area contributed by atoms with Crippen LogP contribution in [0.4, 0.5) is 5.69 Å². The molecule has 2 heterocycles. The lowest BCUT2D eigenvalue weighted by Crippen LogP contribution is -2.33. The van der Waals surface area contributed by atoms with E-state index < -0.39 is 5.92 Å². The maximum atomic E-state index is 12.7. The van der Waals surface area contributed by atoms with Crippen LogP contribution in [0, 0.1) is 26.7 Å². The molecule has 1 aromatic heterocycles. The standard InChI is InChI=1S/C22H24N6O2/c1-14-4-7-18(8-5-14)28-20(24-25-26-28)12-23-22(30)17-11-21(29)27(13-17)19-9-6-15(2)16(3)10-19/h4-10,17H,11-13H2,1-3H3,(H,23,30). The molecular weight excluding hydrogens is 380 g/mol. The Kier molecular flexibility index (Phi) is 5.31. The quantitative estimate of drug-likeness (QED) is 0.704. The van der Waals surface area contributed by atoms with Gasteiger partial charge in [0.15, 0.2) is 5.82 Å². The minimum Gasteiger partial charge on any atom is -0.348 e. The highest BCUT2D eigenvalue weighted by Gasteiger charge is 2.35. The summed E-state index contributed by atoms with van der Waals surface area (Å²) >= 11 is 0. The average molecular weight is 404 g/mol. The van der Waals surface area contributed by atoms with Crippen molar-refractivity contribution in [3.05, 3.63) is 65.0 Å². The van der Waals surface area contributed by atoms with Crippen LogP contribution in [0.3, 0.4) is 0 Å². The Hall–Kier alpha value is -3.55. The summed E-state index contributed by atoms with van der Waals surface area (Å²) in [5.74, 6) is -0.0820. The molecule has 8 heteroatoms. The highest BCUT2D eigenvalue weighted by molar-refractivity contribution is 6.00. The van der Waals surface area contributed by atoms with Gasteiger partial charge >= 0.3 is 0 Å². The van der Waals surface area contributed by atoms with Gasteiger partial charge in [-0.2, -0.15) is 4.68 Å². The molecule has 1 aliphatic rings. The number of benzene rings is 2. The average Bonchev–Trinajstić information content (AvgIpc) is 3.35. The van der Waals surface area contributed by atoms with E-state index in [1.54, 1.807) is 9.58 Å². The Balaban J connectivity index is 1.41. The Morgan fingerprint density at radius 1 is 1.07 bits per heavy atom. The molecule has 2 aromatic carbocycles. The van der Waals surface area contributed by atoms with Crippen LogP contribution in [0.1, 0.15) is 28.9 Å². The highest BCUT2D eigenvalue weighted by Crippen LogP contribution is 2.27. The molecule has 30 heavy (non-hydrogen) atoms. The Morgan fingerprint density at radius 3 is 2.53 bits per heavy atom. The molecular formula is C22H24N6O2. The normalized spacial score (nSPS) is 16.2. The Morgan fingerprint density at radius 2 is 1.80 bits per heavy atom. The molecule has 0 aliphatic carbocycles. The molecule has 1 fully saturated rings. The summed E-state index contributed by atoms with van der Waals surface area (Å²) in [5, 5.41) is 14.6. The van der Waals surface area contributed by atoms with Gasteiger partial charge in [-0.15, -0.1) is 5.10 Å². The SMILES string of the molecule is Cc1ccc(-n2nnnc2CNC(=O)C2CC(=O)N(c3ccc(C)c(C)c3)C2)cc1. The first kappa shape index (κ1) is 19.8. The first-order chi connectivity index (χ1) is 14.4. The van der Waals surface area contributed by atoms with Crippen LogP contribution in [-0.4, -0.2) is 38.6 Å². The van der Waals surface area contributed by atoms with E-state index in [-0.39, 0.29) is 24.8 Å². The second kappa shape index (κ2) is 8.06. The number of nitrogens with one attached hydrogen (secondary N) is 1. The lowest BCUT2D eigenvalue weighted by Gasteiger charge is -2.18. The molecule has 1 unspecified atom stereocenters. The number of hydrogen-bond donors (Lipinski definition) is 1. The largest absolute Gasteiger partial charge is 0.348 e. The van der Waals surface area contributed by atoms with Gasteiger partial charge in [0.05, 0.1) is 18.2 Å². The molecule has 2 amide bonds. The predicted molar refractivity (Wildman–Crippen MR) is 112 cm³/mol.